The van der Waals surface area contributed by atoms with E-state index in [0.29, 0.717) is 9.79 Å². The summed E-state index contributed by atoms with van der Waals surface area (Å²) in [6.45, 7) is 0.0816. The Labute approximate surface area is 261 Å². The Kier molecular flexibility index (Phi) is 10.0. The zero-order valence-electron chi connectivity index (χ0n) is 23.6. The van der Waals surface area contributed by atoms with Crippen molar-refractivity contribution in [1.82, 2.24) is 5.32 Å². The van der Waals surface area contributed by atoms with Crippen LogP contribution in [-0.2, 0) is 31.9 Å². The molecule has 7 nitrogen and oxygen atoms in total. The number of fused-ring (bicyclic) bond motifs is 3. The fourth-order valence-corrected chi connectivity index (χ4v) is 7.55. The van der Waals surface area contributed by atoms with Gasteiger partial charge in [0.15, 0.2) is 9.79 Å². The van der Waals surface area contributed by atoms with Gasteiger partial charge in [0.05, 0.1) is 5.25 Å². The largest absolute Gasteiger partial charge is 0.612 e. The highest BCUT2D eigenvalue weighted by Crippen LogP contribution is 2.44. The molecule has 1 aliphatic rings. The topological polar surface area (TPSA) is 122 Å². The van der Waals surface area contributed by atoms with Gasteiger partial charge in [-0.1, -0.05) is 72.8 Å². The van der Waals surface area contributed by atoms with Crippen LogP contribution in [0.25, 0.3) is 11.1 Å². The smallest absolute Gasteiger partial charge is 0.407 e. The van der Waals surface area contributed by atoms with Crippen molar-refractivity contribution in [3.63, 3.8) is 0 Å². The van der Waals surface area contributed by atoms with E-state index in [-0.39, 0.29) is 23.5 Å². The number of thioether (sulfide) groups is 1. The maximum absolute atomic E-state index is 12.9. The van der Waals surface area contributed by atoms with Crippen LogP contribution in [0, 0.1) is 0 Å². The summed E-state index contributed by atoms with van der Waals surface area (Å²) in [6, 6.07) is 29.4. The van der Waals surface area contributed by atoms with E-state index >= 15 is 0 Å². The third-order valence-electron chi connectivity index (χ3n) is 7.39. The SMILES string of the molecule is C[S+]([O-])c1ccc(C(SC[C@H](NC(=O)OCC2c3ccccc3-c3ccccc32)C(=O)O)c2ccc([S+](C)[O-])cc2)cc1. The minimum absolute atomic E-state index is 0.0626. The lowest BCUT2D eigenvalue weighted by molar-refractivity contribution is -0.138. The van der Waals surface area contributed by atoms with Crippen molar-refractivity contribution in [3.05, 3.63) is 119 Å². The zero-order valence-corrected chi connectivity index (χ0v) is 26.0. The van der Waals surface area contributed by atoms with Crippen LogP contribution in [0.4, 0.5) is 4.79 Å². The molecule has 1 amide bonds. The Balaban J connectivity index is 1.28. The number of rotatable bonds is 11. The maximum atomic E-state index is 12.9. The van der Waals surface area contributed by atoms with Gasteiger partial charge in [-0.25, -0.2) is 9.59 Å². The average Bonchev–Trinajstić information content (AvgIpc) is 3.33. The fraction of sp³-hybridized carbons (Fsp3) is 0.212. The van der Waals surface area contributed by atoms with E-state index in [1.165, 1.54) is 11.8 Å². The van der Waals surface area contributed by atoms with Crippen molar-refractivity contribution in [2.75, 3.05) is 24.9 Å². The summed E-state index contributed by atoms with van der Waals surface area (Å²) in [5.41, 5.74) is 6.12. The van der Waals surface area contributed by atoms with Crippen LogP contribution >= 0.6 is 11.8 Å². The van der Waals surface area contributed by atoms with Crippen LogP contribution < -0.4 is 5.32 Å². The normalized spacial score (nSPS) is 15.1. The van der Waals surface area contributed by atoms with Crippen molar-refractivity contribution in [2.24, 2.45) is 0 Å². The summed E-state index contributed by atoms with van der Waals surface area (Å²) in [4.78, 5) is 26.4. The quantitative estimate of drug-likeness (QED) is 0.195. The second-order valence-electron chi connectivity index (χ2n) is 10.1. The molecule has 0 radical (unpaired) electrons. The van der Waals surface area contributed by atoms with E-state index in [1.54, 1.807) is 36.8 Å². The molecule has 43 heavy (non-hydrogen) atoms. The van der Waals surface area contributed by atoms with Crippen molar-refractivity contribution in [1.29, 1.82) is 0 Å². The summed E-state index contributed by atoms with van der Waals surface area (Å²) in [6.07, 6.45) is 2.42. The highest BCUT2D eigenvalue weighted by atomic mass is 32.2. The van der Waals surface area contributed by atoms with E-state index in [1.807, 2.05) is 72.8 Å². The Morgan fingerprint density at radius 2 is 1.28 bits per heavy atom. The molecule has 3 atom stereocenters. The van der Waals surface area contributed by atoms with Crippen molar-refractivity contribution in [2.45, 2.75) is 27.0 Å². The Morgan fingerprint density at radius 3 is 1.72 bits per heavy atom. The lowest BCUT2D eigenvalue weighted by Crippen LogP contribution is -2.43. The van der Waals surface area contributed by atoms with Crippen LogP contribution in [0.5, 0.6) is 0 Å². The van der Waals surface area contributed by atoms with Crippen LogP contribution in [0.15, 0.2) is 107 Å². The standard InChI is InChI=1S/C33H31NO6S3/c1-42(38)23-15-11-21(12-16-23)31(22-13-17-24(18-14-22)43(2)39)41-20-30(32(35)36)34-33(37)40-19-29-27-9-5-3-7-25(27)26-8-4-6-10-28(26)29/h3-18,29-31H,19-20H2,1-2H3,(H,34,37)(H,35,36)/t30-,31?,42?,43?/m0/s1. The maximum Gasteiger partial charge on any atom is 0.407 e. The molecule has 0 aliphatic heterocycles. The van der Waals surface area contributed by atoms with Gasteiger partial charge in [0.1, 0.15) is 25.2 Å². The highest BCUT2D eigenvalue weighted by molar-refractivity contribution is 7.99. The van der Waals surface area contributed by atoms with Gasteiger partial charge in [-0.2, -0.15) is 0 Å². The Bertz CT molecular complexity index is 1480. The first-order chi connectivity index (χ1) is 20.7. The zero-order chi connectivity index (χ0) is 30.5. The molecule has 2 N–H and O–H groups in total. The minimum Gasteiger partial charge on any atom is -0.612 e. The first kappa shape index (κ1) is 31.0. The van der Waals surface area contributed by atoms with Crippen molar-refractivity contribution < 1.29 is 28.5 Å². The molecule has 0 aromatic heterocycles. The number of carbonyl (C=O) groups is 2. The average molecular weight is 634 g/mol. The third-order valence-corrected chi connectivity index (χ3v) is 10.7. The lowest BCUT2D eigenvalue weighted by Gasteiger charge is -2.22. The number of benzene rings is 4. The predicted molar refractivity (Wildman–Crippen MR) is 171 cm³/mol. The molecule has 0 spiro atoms. The van der Waals surface area contributed by atoms with Crippen LogP contribution in [0.2, 0.25) is 0 Å². The second-order valence-corrected chi connectivity index (χ2v) is 14.0. The molecular weight excluding hydrogens is 603 g/mol. The first-order valence-corrected chi connectivity index (χ1v) is 17.7. The number of ether oxygens (including phenoxy) is 1. The van der Waals surface area contributed by atoms with Gasteiger partial charge in [0, 0.05) is 11.7 Å². The molecule has 0 bridgehead atoms. The number of carboxylic acids is 1. The fourth-order valence-electron chi connectivity index (χ4n) is 5.20. The monoisotopic (exact) mass is 633 g/mol. The molecular formula is C33H31NO6S3. The van der Waals surface area contributed by atoms with Crippen LogP contribution in [0.3, 0.4) is 0 Å². The Morgan fingerprint density at radius 1 is 0.814 bits per heavy atom. The van der Waals surface area contributed by atoms with E-state index in [0.717, 1.165) is 33.4 Å². The van der Waals surface area contributed by atoms with Crippen molar-refractivity contribution >= 4 is 46.2 Å². The molecule has 0 saturated carbocycles. The molecule has 5 rings (SSSR count). The van der Waals surface area contributed by atoms with E-state index in [2.05, 4.69) is 5.32 Å². The highest BCUT2D eigenvalue weighted by Gasteiger charge is 2.30. The first-order valence-electron chi connectivity index (χ1n) is 13.6. The molecule has 0 heterocycles. The molecule has 0 fully saturated rings. The summed E-state index contributed by atoms with van der Waals surface area (Å²) < 4.78 is 29.4. The molecule has 0 saturated heterocycles. The molecule has 4 aromatic carbocycles. The predicted octanol–water partition coefficient (Wildman–Crippen LogP) is 5.98. The minimum atomic E-state index is -1.20. The number of alkyl carbamates (subject to hydrolysis) is 1. The molecule has 4 aromatic rings. The van der Waals surface area contributed by atoms with Gasteiger partial charge < -0.3 is 24.3 Å². The second kappa shape index (κ2) is 13.9. The van der Waals surface area contributed by atoms with Crippen molar-refractivity contribution in [3.8, 4) is 11.1 Å². The number of hydrogen-bond acceptors (Lipinski definition) is 6. The molecule has 10 heteroatoms. The summed E-state index contributed by atoms with van der Waals surface area (Å²) in [5, 5.41) is 12.2. The van der Waals surface area contributed by atoms with Gasteiger partial charge in [-0.15, -0.1) is 11.8 Å². The van der Waals surface area contributed by atoms with Gasteiger partial charge in [-0.05, 0) is 80.0 Å². The number of carboxylic acid groups (broad SMARTS) is 1. The molecule has 222 valence electrons. The lowest BCUT2D eigenvalue weighted by atomic mass is 9.98. The molecule has 1 aliphatic carbocycles. The van der Waals surface area contributed by atoms with Gasteiger partial charge in [0.2, 0.25) is 0 Å². The van der Waals surface area contributed by atoms with Gasteiger partial charge in [-0.3, -0.25) is 0 Å². The Hall–Kier alpha value is -3.41. The number of hydrogen-bond donors (Lipinski definition) is 2. The molecule has 2 unspecified atom stereocenters. The van der Waals surface area contributed by atoms with Crippen LogP contribution in [-0.4, -0.2) is 57.2 Å². The number of carbonyl (C=O) groups excluding carboxylic acids is 1. The van der Waals surface area contributed by atoms with E-state index < -0.39 is 40.5 Å². The summed E-state index contributed by atoms with van der Waals surface area (Å²) in [5.74, 6) is -1.25. The van der Waals surface area contributed by atoms with E-state index in [4.69, 9.17) is 4.74 Å². The van der Waals surface area contributed by atoms with Gasteiger partial charge in [0.25, 0.3) is 0 Å². The van der Waals surface area contributed by atoms with Crippen LogP contribution in [0.1, 0.15) is 33.4 Å². The number of nitrogens with one attached hydrogen (secondary N) is 1. The summed E-state index contributed by atoms with van der Waals surface area (Å²) in [7, 11) is 0. The van der Waals surface area contributed by atoms with Gasteiger partial charge >= 0.3 is 12.1 Å². The third kappa shape index (κ3) is 7.22. The number of aliphatic carboxylic acids is 1. The number of amides is 1. The summed E-state index contributed by atoms with van der Waals surface area (Å²) >= 11 is -0.913. The van der Waals surface area contributed by atoms with E-state index in [9.17, 15) is 23.8 Å².